The van der Waals surface area contributed by atoms with Crippen molar-refractivity contribution >= 4 is 5.78 Å². The predicted molar refractivity (Wildman–Crippen MR) is 81.7 cm³/mol. The van der Waals surface area contributed by atoms with Crippen LogP contribution in [0.1, 0.15) is 55.1 Å². The minimum Gasteiger partial charge on any atom is -0.496 e. The first-order valence-electron chi connectivity index (χ1n) is 7.30. The number of hydrogen-bond donors (Lipinski definition) is 0. The topological polar surface area (TPSA) is 35.5 Å². The van der Waals surface area contributed by atoms with Gasteiger partial charge in [-0.25, -0.2) is 0 Å². The Kier molecular flexibility index (Phi) is 5.75. The first kappa shape index (κ1) is 16.7. The molecule has 20 heavy (non-hydrogen) atoms. The number of aryl methyl sites for hydroxylation is 1. The van der Waals surface area contributed by atoms with Gasteiger partial charge < -0.3 is 9.47 Å². The summed E-state index contributed by atoms with van der Waals surface area (Å²) >= 11 is 0. The quantitative estimate of drug-likeness (QED) is 0.705. The van der Waals surface area contributed by atoms with Crippen LogP contribution in [0.25, 0.3) is 0 Å². The zero-order chi connectivity index (χ0) is 15.3. The van der Waals surface area contributed by atoms with E-state index in [0.717, 1.165) is 11.1 Å². The van der Waals surface area contributed by atoms with E-state index < -0.39 is 5.60 Å². The van der Waals surface area contributed by atoms with Crippen LogP contribution in [0.2, 0.25) is 0 Å². The Bertz CT molecular complexity index is 473. The van der Waals surface area contributed by atoms with Crippen molar-refractivity contribution in [2.45, 2.75) is 53.1 Å². The van der Waals surface area contributed by atoms with E-state index >= 15 is 0 Å². The molecule has 1 rings (SSSR count). The Morgan fingerprint density at radius 3 is 2.20 bits per heavy atom. The number of rotatable bonds is 7. The number of ether oxygens (including phenoxy) is 2. The molecule has 1 aromatic carbocycles. The lowest BCUT2D eigenvalue weighted by molar-refractivity contribution is -0.0252. The minimum atomic E-state index is -0.746. The van der Waals surface area contributed by atoms with Crippen molar-refractivity contribution in [1.82, 2.24) is 0 Å². The average molecular weight is 278 g/mol. The molecule has 3 nitrogen and oxygen atoms in total. The number of Topliss-reactive ketones (excluding diaryl/α,β-unsaturated/α-hetero) is 1. The SMILES string of the molecule is CCOC(CC)(CC)C(=O)c1ccc(C)c(C)c1OC. The number of carbonyl (C=O) groups is 1. The van der Waals surface area contributed by atoms with Gasteiger partial charge in [-0.05, 0) is 50.8 Å². The van der Waals surface area contributed by atoms with Crippen LogP contribution in [0, 0.1) is 13.8 Å². The Hall–Kier alpha value is -1.35. The molecule has 0 saturated heterocycles. The molecule has 0 amide bonds. The maximum absolute atomic E-state index is 13.0. The van der Waals surface area contributed by atoms with Gasteiger partial charge in [-0.1, -0.05) is 19.9 Å². The highest BCUT2D eigenvalue weighted by molar-refractivity contribution is 6.05. The smallest absolute Gasteiger partial charge is 0.198 e. The Morgan fingerprint density at radius 2 is 1.75 bits per heavy atom. The third kappa shape index (κ3) is 2.88. The van der Waals surface area contributed by atoms with E-state index in [1.807, 2.05) is 46.8 Å². The van der Waals surface area contributed by atoms with Crippen molar-refractivity contribution in [2.24, 2.45) is 0 Å². The zero-order valence-electron chi connectivity index (χ0n) is 13.5. The molecule has 112 valence electrons. The van der Waals surface area contributed by atoms with Gasteiger partial charge in [-0.15, -0.1) is 0 Å². The largest absolute Gasteiger partial charge is 0.496 e. The highest BCUT2D eigenvalue weighted by Gasteiger charge is 2.37. The highest BCUT2D eigenvalue weighted by Crippen LogP contribution is 2.33. The molecule has 0 bridgehead atoms. The van der Waals surface area contributed by atoms with Crippen LogP contribution < -0.4 is 4.74 Å². The molecule has 0 saturated carbocycles. The van der Waals surface area contributed by atoms with Gasteiger partial charge >= 0.3 is 0 Å². The second-order valence-corrected chi connectivity index (χ2v) is 5.05. The fourth-order valence-corrected chi connectivity index (χ4v) is 2.59. The van der Waals surface area contributed by atoms with Crippen molar-refractivity contribution in [2.75, 3.05) is 13.7 Å². The first-order chi connectivity index (χ1) is 9.47. The first-order valence-corrected chi connectivity index (χ1v) is 7.30. The summed E-state index contributed by atoms with van der Waals surface area (Å²) in [6.07, 6.45) is 1.32. The van der Waals surface area contributed by atoms with E-state index in [1.54, 1.807) is 7.11 Å². The third-order valence-corrected chi connectivity index (χ3v) is 4.10. The summed E-state index contributed by atoms with van der Waals surface area (Å²) in [4.78, 5) is 13.0. The molecule has 0 aliphatic carbocycles. The molecule has 0 aromatic heterocycles. The van der Waals surface area contributed by atoms with Crippen molar-refractivity contribution in [3.05, 3.63) is 28.8 Å². The Morgan fingerprint density at radius 1 is 1.15 bits per heavy atom. The molecule has 0 radical (unpaired) electrons. The molecule has 0 spiro atoms. The maximum Gasteiger partial charge on any atom is 0.198 e. The fourth-order valence-electron chi connectivity index (χ4n) is 2.59. The third-order valence-electron chi connectivity index (χ3n) is 4.10. The van der Waals surface area contributed by atoms with E-state index in [2.05, 4.69) is 0 Å². The summed E-state index contributed by atoms with van der Waals surface area (Å²) in [5, 5.41) is 0. The molecular formula is C17H26O3. The second kappa shape index (κ2) is 6.89. The molecular weight excluding hydrogens is 252 g/mol. The zero-order valence-corrected chi connectivity index (χ0v) is 13.5. The molecule has 0 heterocycles. The van der Waals surface area contributed by atoms with Gasteiger partial charge in [0.2, 0.25) is 0 Å². The van der Waals surface area contributed by atoms with Gasteiger partial charge in [0.15, 0.2) is 5.78 Å². The van der Waals surface area contributed by atoms with Crippen LogP contribution in [0.5, 0.6) is 5.75 Å². The molecule has 0 atom stereocenters. The number of benzene rings is 1. The lowest BCUT2D eigenvalue weighted by Crippen LogP contribution is -2.41. The number of ketones is 1. The summed E-state index contributed by atoms with van der Waals surface area (Å²) < 4.78 is 11.3. The Balaban J connectivity index is 3.36. The molecule has 0 N–H and O–H groups in total. The second-order valence-electron chi connectivity index (χ2n) is 5.05. The lowest BCUT2D eigenvalue weighted by atomic mass is 9.86. The van der Waals surface area contributed by atoms with Crippen molar-refractivity contribution in [3.8, 4) is 5.75 Å². The summed E-state index contributed by atoms with van der Waals surface area (Å²) in [6.45, 7) is 10.4. The van der Waals surface area contributed by atoms with Crippen LogP contribution in [0.4, 0.5) is 0 Å². The number of hydrogen-bond acceptors (Lipinski definition) is 3. The number of carbonyl (C=O) groups excluding carboxylic acids is 1. The van der Waals surface area contributed by atoms with Crippen LogP contribution in [0.3, 0.4) is 0 Å². The fraction of sp³-hybridized carbons (Fsp3) is 0.588. The number of methoxy groups -OCH3 is 1. The van der Waals surface area contributed by atoms with Gasteiger partial charge in [0.05, 0.1) is 12.7 Å². The molecule has 1 aromatic rings. The summed E-state index contributed by atoms with van der Waals surface area (Å²) in [5.41, 5.74) is 2.00. The van der Waals surface area contributed by atoms with Crippen LogP contribution in [-0.2, 0) is 4.74 Å². The lowest BCUT2D eigenvalue weighted by Gasteiger charge is -2.30. The van der Waals surface area contributed by atoms with E-state index in [1.165, 1.54) is 0 Å². The van der Waals surface area contributed by atoms with E-state index in [4.69, 9.17) is 9.47 Å². The van der Waals surface area contributed by atoms with Crippen LogP contribution in [0.15, 0.2) is 12.1 Å². The average Bonchev–Trinajstić information content (AvgIpc) is 2.47. The minimum absolute atomic E-state index is 0.0179. The monoisotopic (exact) mass is 278 g/mol. The standard InChI is InChI=1S/C17H26O3/c1-7-17(8-2,20-9-3)16(18)14-11-10-12(4)13(5)15(14)19-6/h10-11H,7-9H2,1-6H3. The normalized spacial score (nSPS) is 11.5. The van der Waals surface area contributed by atoms with Crippen molar-refractivity contribution < 1.29 is 14.3 Å². The summed E-state index contributed by atoms with van der Waals surface area (Å²) in [6, 6.07) is 3.82. The molecule has 3 heteroatoms. The van der Waals surface area contributed by atoms with E-state index in [0.29, 0.717) is 30.8 Å². The summed E-state index contributed by atoms with van der Waals surface area (Å²) in [5.74, 6) is 0.685. The molecule has 0 fully saturated rings. The maximum atomic E-state index is 13.0. The summed E-state index contributed by atoms with van der Waals surface area (Å²) in [7, 11) is 1.61. The van der Waals surface area contributed by atoms with Gasteiger partial charge in [0.1, 0.15) is 11.4 Å². The van der Waals surface area contributed by atoms with Crippen molar-refractivity contribution in [1.29, 1.82) is 0 Å². The molecule has 0 aliphatic rings. The van der Waals surface area contributed by atoms with Gasteiger partial charge in [0, 0.05) is 6.61 Å². The molecule has 0 aliphatic heterocycles. The van der Waals surface area contributed by atoms with Gasteiger partial charge in [-0.2, -0.15) is 0 Å². The van der Waals surface area contributed by atoms with Crippen LogP contribution >= 0.6 is 0 Å². The van der Waals surface area contributed by atoms with E-state index in [-0.39, 0.29) is 5.78 Å². The Labute approximate surface area is 122 Å². The predicted octanol–water partition coefficient (Wildman–Crippen LogP) is 4.09. The van der Waals surface area contributed by atoms with Crippen LogP contribution in [-0.4, -0.2) is 25.1 Å². The molecule has 0 unspecified atom stereocenters. The van der Waals surface area contributed by atoms with Gasteiger partial charge in [-0.3, -0.25) is 4.79 Å². The van der Waals surface area contributed by atoms with Gasteiger partial charge in [0.25, 0.3) is 0 Å². The highest BCUT2D eigenvalue weighted by atomic mass is 16.5. The van der Waals surface area contributed by atoms with E-state index in [9.17, 15) is 4.79 Å². The van der Waals surface area contributed by atoms with Crippen molar-refractivity contribution in [3.63, 3.8) is 0 Å².